The molecule has 5 heterocycles. The minimum absolute atomic E-state index is 0.0385. The number of carbonyl (C=O) groups is 1. The molecule has 72 heavy (non-hydrogen) atoms. The topological polar surface area (TPSA) is 254 Å². The summed E-state index contributed by atoms with van der Waals surface area (Å²) in [5.41, 5.74) is 1.96. The van der Waals surface area contributed by atoms with Crippen LogP contribution in [-0.2, 0) is 42.6 Å². The van der Waals surface area contributed by atoms with Crippen LogP contribution in [0.4, 0.5) is 0 Å². The third kappa shape index (κ3) is 9.57. The van der Waals surface area contributed by atoms with Gasteiger partial charge < -0.3 is 83.7 Å². The zero-order chi connectivity index (χ0) is 51.0. The van der Waals surface area contributed by atoms with Crippen LogP contribution in [0.15, 0.2) is 42.0 Å². The second-order valence-corrected chi connectivity index (χ2v) is 23.6. The average molecular weight is 1020 g/mol. The summed E-state index contributed by atoms with van der Waals surface area (Å²) in [6.07, 6.45) is -10.7. The second-order valence-electron chi connectivity index (χ2n) is 23.6. The SMILES string of the molecule is C[C@@H]1CC[C@@]2(OC1)O[C@H]1C[C@H]3[C@@H]4CC=C5C[C@@H](O[C@@H]6O[C@H](COCCNC(=O)c7ccccc7)[C@@H](O[C@@H]7O[C@@H](C)[C@H](O)[C@@H](O)[C@H]7O)[C@H](O)[C@H]6O[C@@H]6O[C@@H](C)[C@H](O)[C@@H](O)[C@H]6O)CC[C@]5(C)[C@H]4CC[C@]3(C)[C@H]1[C@@H]2C. The maximum absolute atomic E-state index is 12.8. The first kappa shape index (κ1) is 53.2. The Balaban J connectivity index is 0.870. The van der Waals surface area contributed by atoms with Crippen LogP contribution in [-0.4, -0.2) is 178 Å². The Hall–Kier alpha value is -2.21. The number of ether oxygens (including phenoxy) is 9. The number of hydrogen-bond donors (Lipinski definition) is 8. The number of rotatable bonds is 12. The van der Waals surface area contributed by atoms with E-state index in [1.165, 1.54) is 19.4 Å². The molecule has 5 saturated heterocycles. The van der Waals surface area contributed by atoms with Crippen LogP contribution in [0.1, 0.15) is 110 Å². The van der Waals surface area contributed by atoms with Gasteiger partial charge in [-0.25, -0.2) is 0 Å². The van der Waals surface area contributed by atoms with E-state index in [-0.39, 0.29) is 48.7 Å². The first-order valence-electron chi connectivity index (χ1n) is 26.9. The van der Waals surface area contributed by atoms with Crippen molar-refractivity contribution >= 4 is 5.91 Å². The lowest BCUT2D eigenvalue weighted by Crippen LogP contribution is -2.66. The van der Waals surface area contributed by atoms with E-state index < -0.39 is 97.9 Å². The molecule has 8 N–H and O–H groups in total. The molecule has 10 rings (SSSR count). The highest BCUT2D eigenvalue weighted by atomic mass is 16.8. The number of hydrogen-bond acceptors (Lipinski definition) is 17. The lowest BCUT2D eigenvalue weighted by Gasteiger charge is -2.59. The van der Waals surface area contributed by atoms with Crippen molar-refractivity contribution in [2.24, 2.45) is 46.3 Å². The third-order valence-corrected chi connectivity index (χ3v) is 19.3. The number of amides is 1. The van der Waals surface area contributed by atoms with Gasteiger partial charge in [-0.05, 0) is 118 Å². The van der Waals surface area contributed by atoms with Crippen molar-refractivity contribution in [1.82, 2.24) is 5.32 Å². The van der Waals surface area contributed by atoms with Gasteiger partial charge in [-0.15, -0.1) is 0 Å². The van der Waals surface area contributed by atoms with Gasteiger partial charge in [-0.3, -0.25) is 4.79 Å². The monoisotopic (exact) mass is 1020 g/mol. The van der Waals surface area contributed by atoms with E-state index in [0.29, 0.717) is 53.9 Å². The van der Waals surface area contributed by atoms with E-state index in [9.17, 15) is 40.5 Å². The molecule has 1 amide bonds. The molecule has 18 heteroatoms. The van der Waals surface area contributed by atoms with Gasteiger partial charge in [0, 0.05) is 24.4 Å². The Kier molecular flexibility index (Phi) is 15.5. The van der Waals surface area contributed by atoms with Crippen molar-refractivity contribution in [2.45, 2.75) is 209 Å². The lowest BCUT2D eigenvalue weighted by atomic mass is 9.47. The van der Waals surface area contributed by atoms with Crippen LogP contribution < -0.4 is 5.32 Å². The molecule has 1 spiro atoms. The van der Waals surface area contributed by atoms with Crippen LogP contribution in [0, 0.1) is 46.3 Å². The van der Waals surface area contributed by atoms with Crippen LogP contribution >= 0.6 is 0 Å². The van der Waals surface area contributed by atoms with Crippen LogP contribution in [0.2, 0.25) is 0 Å². The summed E-state index contributed by atoms with van der Waals surface area (Å²) >= 11 is 0. The molecule has 9 aliphatic rings. The molecule has 26 atom stereocenters. The fraction of sp³-hybridized carbons (Fsp3) is 0.833. The largest absolute Gasteiger partial charge is 0.388 e. The number of fused-ring (bicyclic) bond motifs is 7. The van der Waals surface area contributed by atoms with Gasteiger partial charge in [0.05, 0.1) is 44.2 Å². The maximum atomic E-state index is 12.8. The van der Waals surface area contributed by atoms with Gasteiger partial charge in [-0.1, -0.05) is 57.5 Å². The van der Waals surface area contributed by atoms with E-state index in [4.69, 9.17) is 42.6 Å². The summed E-state index contributed by atoms with van der Waals surface area (Å²) in [6.45, 7) is 13.4. The molecular weight excluding hydrogens is 935 g/mol. The number of allylic oxidation sites excluding steroid dienone is 1. The number of nitrogens with one attached hydrogen (secondary N) is 1. The van der Waals surface area contributed by atoms with Crippen molar-refractivity contribution < 1.29 is 83.2 Å². The highest BCUT2D eigenvalue weighted by molar-refractivity contribution is 5.94. The maximum Gasteiger partial charge on any atom is 0.251 e. The van der Waals surface area contributed by atoms with Crippen LogP contribution in [0.5, 0.6) is 0 Å². The molecular formula is C54H81NO17. The smallest absolute Gasteiger partial charge is 0.251 e. The molecule has 0 bridgehead atoms. The highest BCUT2D eigenvalue weighted by Gasteiger charge is 2.69. The standard InChI is InChI=1S/C54H81NO17/c1-26-14-19-54(65-24-26)27(2)38-36(72-54)23-35-33-13-12-31-22-32(15-17-52(31,5)34(33)16-18-53(35,38)6)68-51-47(71-50-44(61)42(59)40(57)29(4)67-50)45(62)46(70-49-43(60)41(58)39(56)28(3)66-49)37(69-51)25-64-21-20-55-48(63)30-10-8-7-9-11-30/h7-12,26-29,32-47,49-51,56-62H,13-25H2,1-6H3,(H,55,63)/t26-,27+,28+,29+,32+,33-,34+,35+,36+,37-,38+,39+,40+,41-,42-,43-,44-,45+,46-,47-,49+,50+,51-,52+,53+,54-/m1/s1. The van der Waals surface area contributed by atoms with E-state index in [0.717, 1.165) is 51.6 Å². The molecule has 0 radical (unpaired) electrons. The summed E-state index contributed by atoms with van der Waals surface area (Å²) in [5.74, 6) is 2.23. The number of aliphatic hydroxyl groups is 7. The lowest BCUT2D eigenvalue weighted by molar-refractivity contribution is -0.389. The molecule has 18 nitrogen and oxygen atoms in total. The predicted molar refractivity (Wildman–Crippen MR) is 255 cm³/mol. The Bertz CT molecular complexity index is 2060. The molecule has 8 fully saturated rings. The first-order valence-corrected chi connectivity index (χ1v) is 26.9. The summed E-state index contributed by atoms with van der Waals surface area (Å²) in [4.78, 5) is 12.8. The second kappa shape index (κ2) is 21.0. The van der Waals surface area contributed by atoms with Crippen molar-refractivity contribution in [3.63, 3.8) is 0 Å². The summed E-state index contributed by atoms with van der Waals surface area (Å²) in [7, 11) is 0. The average Bonchev–Trinajstić information content (AvgIpc) is 3.82. The Morgan fingerprint density at radius 2 is 1.42 bits per heavy atom. The Morgan fingerprint density at radius 3 is 2.08 bits per heavy atom. The van der Waals surface area contributed by atoms with E-state index in [2.05, 4.69) is 39.1 Å². The zero-order valence-electron chi connectivity index (χ0n) is 42.6. The Morgan fingerprint density at radius 1 is 0.736 bits per heavy atom. The molecule has 3 saturated carbocycles. The van der Waals surface area contributed by atoms with Crippen LogP contribution in [0.25, 0.3) is 0 Å². The van der Waals surface area contributed by atoms with Crippen molar-refractivity contribution in [3.05, 3.63) is 47.5 Å². The van der Waals surface area contributed by atoms with Gasteiger partial charge in [0.15, 0.2) is 24.7 Å². The van der Waals surface area contributed by atoms with E-state index in [1.807, 2.05) is 6.07 Å². The van der Waals surface area contributed by atoms with E-state index >= 15 is 0 Å². The molecule has 5 aliphatic heterocycles. The summed E-state index contributed by atoms with van der Waals surface area (Å²) in [5, 5.41) is 80.0. The van der Waals surface area contributed by atoms with Crippen LogP contribution in [0.3, 0.4) is 0 Å². The highest BCUT2D eigenvalue weighted by Crippen LogP contribution is 2.70. The van der Waals surface area contributed by atoms with Gasteiger partial charge in [0.25, 0.3) is 5.91 Å². The number of benzene rings is 1. The van der Waals surface area contributed by atoms with Gasteiger partial charge >= 0.3 is 0 Å². The first-order chi connectivity index (χ1) is 34.3. The molecule has 1 aromatic carbocycles. The van der Waals surface area contributed by atoms with Crippen molar-refractivity contribution in [3.8, 4) is 0 Å². The zero-order valence-corrected chi connectivity index (χ0v) is 42.6. The summed E-state index contributed by atoms with van der Waals surface area (Å²) in [6, 6.07) is 8.75. The molecule has 1 aromatic rings. The molecule has 4 aliphatic carbocycles. The fourth-order valence-electron chi connectivity index (χ4n) is 15.1. The minimum atomic E-state index is -1.73. The molecule has 0 aromatic heterocycles. The van der Waals surface area contributed by atoms with Crippen molar-refractivity contribution in [2.75, 3.05) is 26.4 Å². The molecule has 404 valence electrons. The van der Waals surface area contributed by atoms with Gasteiger partial charge in [-0.2, -0.15) is 0 Å². The summed E-state index contributed by atoms with van der Waals surface area (Å²) < 4.78 is 57.6. The Labute approximate surface area is 422 Å². The number of aliphatic hydroxyl groups excluding tert-OH is 7. The quantitative estimate of drug-likeness (QED) is 0.111. The van der Waals surface area contributed by atoms with Gasteiger partial charge in [0.1, 0.15) is 61.0 Å². The third-order valence-electron chi connectivity index (χ3n) is 19.3. The van der Waals surface area contributed by atoms with Crippen molar-refractivity contribution in [1.29, 1.82) is 0 Å². The van der Waals surface area contributed by atoms with Gasteiger partial charge in [0.2, 0.25) is 0 Å². The number of carbonyl (C=O) groups excluding carboxylic acids is 1. The normalized spacial score (nSPS) is 51.1. The predicted octanol–water partition coefficient (Wildman–Crippen LogP) is 2.70. The fourth-order valence-corrected chi connectivity index (χ4v) is 15.1. The van der Waals surface area contributed by atoms with E-state index in [1.54, 1.807) is 24.3 Å². The minimum Gasteiger partial charge on any atom is -0.388 e. The molecule has 0 unspecified atom stereocenters.